The topological polar surface area (TPSA) is 136 Å². The molecule has 2 fully saturated rings. The van der Waals surface area contributed by atoms with Crippen LogP contribution in [0.4, 0.5) is 16.6 Å². The lowest BCUT2D eigenvalue weighted by molar-refractivity contribution is 0.101. The second-order valence-electron chi connectivity index (χ2n) is 8.84. The van der Waals surface area contributed by atoms with Gasteiger partial charge in [-0.1, -0.05) is 11.6 Å². The van der Waals surface area contributed by atoms with E-state index in [4.69, 9.17) is 32.0 Å². The number of piperidine rings is 1. The van der Waals surface area contributed by atoms with Crippen molar-refractivity contribution >= 4 is 40.3 Å². The summed E-state index contributed by atoms with van der Waals surface area (Å²) >= 11 is 5.91. The van der Waals surface area contributed by atoms with Gasteiger partial charge in [0.1, 0.15) is 23.1 Å². The summed E-state index contributed by atoms with van der Waals surface area (Å²) in [4.78, 5) is 32.3. The Morgan fingerprint density at radius 2 is 2.00 bits per heavy atom. The van der Waals surface area contributed by atoms with Crippen molar-refractivity contribution in [1.29, 1.82) is 0 Å². The van der Waals surface area contributed by atoms with Gasteiger partial charge in [-0.3, -0.25) is 4.21 Å². The molecular formula is C21H26ClN7O3S. The van der Waals surface area contributed by atoms with E-state index in [2.05, 4.69) is 20.2 Å². The van der Waals surface area contributed by atoms with Crippen LogP contribution in [0.3, 0.4) is 0 Å². The van der Waals surface area contributed by atoms with Crippen LogP contribution in [0.1, 0.15) is 49.5 Å². The Hall–Kier alpha value is -2.53. The normalized spacial score (nSPS) is 21.8. The van der Waals surface area contributed by atoms with E-state index in [1.807, 2.05) is 0 Å². The molecule has 5 rings (SSSR count). The predicted molar refractivity (Wildman–Crippen MR) is 124 cm³/mol. The summed E-state index contributed by atoms with van der Waals surface area (Å²) in [7, 11) is -1.15. The fourth-order valence-electron chi connectivity index (χ4n) is 4.65. The standard InChI is InChI=1S/C21H26ClN7O3S/c22-14-10-24-17(25-11-14)13-2-7-29(8-3-13)20-26-15-4-9-33(31)16(15)18(27-20)28-21(5-1-6-21)12-32-19(23)30/h10-11,13H,1-9,12H2,(H2,23,30)(H,26,27,28). The molecule has 1 unspecified atom stereocenters. The average molecular weight is 492 g/mol. The molecule has 0 radical (unpaired) electrons. The third-order valence-corrected chi connectivity index (χ3v) is 8.30. The minimum Gasteiger partial charge on any atom is -0.447 e. The summed E-state index contributed by atoms with van der Waals surface area (Å²) in [6.07, 6.45) is 7.56. The summed E-state index contributed by atoms with van der Waals surface area (Å²) in [6, 6.07) is 0. The lowest BCUT2D eigenvalue weighted by Crippen LogP contribution is -2.50. The maximum Gasteiger partial charge on any atom is 0.404 e. The van der Waals surface area contributed by atoms with Crippen LogP contribution < -0.4 is 16.0 Å². The first-order valence-electron chi connectivity index (χ1n) is 11.1. The summed E-state index contributed by atoms with van der Waals surface area (Å²) in [5, 5.41) is 3.99. The van der Waals surface area contributed by atoms with Gasteiger partial charge in [-0.2, -0.15) is 4.98 Å². The molecule has 2 aromatic heterocycles. The van der Waals surface area contributed by atoms with Crippen LogP contribution in [0.2, 0.25) is 5.02 Å². The Kier molecular flexibility index (Phi) is 6.09. The Balaban J connectivity index is 1.35. The van der Waals surface area contributed by atoms with Gasteiger partial charge in [0.15, 0.2) is 0 Å². The Labute approximate surface area is 199 Å². The number of nitrogens with zero attached hydrogens (tertiary/aromatic N) is 5. The molecule has 33 heavy (non-hydrogen) atoms. The number of hydrogen-bond acceptors (Lipinski definition) is 9. The van der Waals surface area contributed by atoms with E-state index in [9.17, 15) is 9.00 Å². The Morgan fingerprint density at radius 3 is 2.64 bits per heavy atom. The minimum absolute atomic E-state index is 0.162. The van der Waals surface area contributed by atoms with E-state index < -0.39 is 22.4 Å². The Morgan fingerprint density at radius 1 is 1.27 bits per heavy atom. The molecular weight excluding hydrogens is 466 g/mol. The van der Waals surface area contributed by atoms with Crippen LogP contribution in [-0.2, 0) is 22.0 Å². The van der Waals surface area contributed by atoms with Gasteiger partial charge in [0.2, 0.25) is 5.95 Å². The van der Waals surface area contributed by atoms with E-state index in [0.29, 0.717) is 33.9 Å². The quantitative estimate of drug-likeness (QED) is 0.623. The van der Waals surface area contributed by atoms with Gasteiger partial charge >= 0.3 is 6.09 Å². The maximum absolute atomic E-state index is 12.7. The van der Waals surface area contributed by atoms with E-state index >= 15 is 0 Å². The molecule has 1 aliphatic carbocycles. The number of hydrogen-bond donors (Lipinski definition) is 2. The summed E-state index contributed by atoms with van der Waals surface area (Å²) < 4.78 is 17.8. The molecule has 1 saturated carbocycles. The lowest BCUT2D eigenvalue weighted by atomic mass is 9.77. The number of nitrogens with two attached hydrogens (primary N) is 1. The van der Waals surface area contributed by atoms with Crippen LogP contribution in [0.15, 0.2) is 17.3 Å². The van der Waals surface area contributed by atoms with Crippen molar-refractivity contribution in [1.82, 2.24) is 19.9 Å². The molecule has 0 spiro atoms. The highest BCUT2D eigenvalue weighted by atomic mass is 35.5. The third kappa shape index (κ3) is 4.61. The fourth-order valence-corrected chi connectivity index (χ4v) is 6.05. The van der Waals surface area contributed by atoms with Gasteiger partial charge in [-0.25, -0.2) is 19.7 Å². The van der Waals surface area contributed by atoms with Gasteiger partial charge in [0.05, 0.1) is 27.1 Å². The number of anilines is 2. The van der Waals surface area contributed by atoms with E-state index in [1.54, 1.807) is 12.4 Å². The molecule has 0 bridgehead atoms. The number of nitrogens with one attached hydrogen (secondary N) is 1. The van der Waals surface area contributed by atoms with Gasteiger partial charge in [0, 0.05) is 43.6 Å². The number of carbonyl (C=O) groups excluding carboxylic acids is 1. The number of carbonyl (C=O) groups is 1. The summed E-state index contributed by atoms with van der Waals surface area (Å²) in [6.45, 7) is 1.71. The zero-order valence-corrected chi connectivity index (χ0v) is 19.7. The molecule has 1 atom stereocenters. The second kappa shape index (κ2) is 9.02. The molecule has 12 heteroatoms. The maximum atomic E-state index is 12.7. The number of aryl methyl sites for hydroxylation is 1. The zero-order chi connectivity index (χ0) is 23.0. The van der Waals surface area contributed by atoms with Crippen molar-refractivity contribution < 1.29 is 13.7 Å². The number of halogens is 1. The van der Waals surface area contributed by atoms with Gasteiger partial charge in [-0.05, 0) is 32.1 Å². The first kappa shape index (κ1) is 22.3. The number of amides is 1. The van der Waals surface area contributed by atoms with Crippen LogP contribution >= 0.6 is 11.6 Å². The highest BCUT2D eigenvalue weighted by Gasteiger charge is 2.41. The smallest absolute Gasteiger partial charge is 0.404 e. The number of ether oxygens (including phenoxy) is 1. The molecule has 4 heterocycles. The minimum atomic E-state index is -1.15. The van der Waals surface area contributed by atoms with Gasteiger partial charge in [-0.15, -0.1) is 0 Å². The predicted octanol–water partition coefficient (Wildman–Crippen LogP) is 2.40. The first-order chi connectivity index (χ1) is 15.9. The molecule has 3 aliphatic rings. The van der Waals surface area contributed by atoms with E-state index in [-0.39, 0.29) is 12.5 Å². The molecule has 10 nitrogen and oxygen atoms in total. The third-order valence-electron chi connectivity index (χ3n) is 6.64. The number of primary amides is 1. The van der Waals surface area contributed by atoms with Crippen molar-refractivity contribution in [3.8, 4) is 0 Å². The molecule has 3 N–H and O–H groups in total. The zero-order valence-electron chi connectivity index (χ0n) is 18.1. The fraction of sp³-hybridized carbons (Fsp3) is 0.571. The number of rotatable bonds is 6. The van der Waals surface area contributed by atoms with E-state index in [0.717, 1.165) is 56.7 Å². The number of fused-ring (bicyclic) bond motifs is 1. The highest BCUT2D eigenvalue weighted by Crippen LogP contribution is 2.39. The second-order valence-corrected chi connectivity index (χ2v) is 10.8. The van der Waals surface area contributed by atoms with E-state index in [1.165, 1.54) is 0 Å². The molecule has 1 amide bonds. The van der Waals surface area contributed by atoms with Gasteiger partial charge in [0.25, 0.3) is 0 Å². The van der Waals surface area contributed by atoms with Crippen molar-refractivity contribution in [2.75, 3.05) is 35.7 Å². The van der Waals surface area contributed by atoms with Crippen LogP contribution in [0, 0.1) is 0 Å². The monoisotopic (exact) mass is 491 g/mol. The molecule has 176 valence electrons. The van der Waals surface area contributed by atoms with Crippen molar-refractivity contribution in [2.45, 2.75) is 54.9 Å². The van der Waals surface area contributed by atoms with Crippen LogP contribution in [-0.4, -0.2) is 61.2 Å². The molecule has 0 aromatic carbocycles. The number of aromatic nitrogens is 4. The first-order valence-corrected chi connectivity index (χ1v) is 12.8. The molecule has 2 aliphatic heterocycles. The van der Waals surface area contributed by atoms with Crippen LogP contribution in [0.25, 0.3) is 0 Å². The van der Waals surface area contributed by atoms with Crippen LogP contribution in [0.5, 0.6) is 0 Å². The molecule has 1 saturated heterocycles. The SMILES string of the molecule is NC(=O)OCC1(Nc2nc(N3CCC(c4ncc(Cl)cn4)CC3)nc3c2S(=O)CC3)CCC1. The van der Waals surface area contributed by atoms with Crippen molar-refractivity contribution in [3.05, 3.63) is 28.9 Å². The van der Waals surface area contributed by atoms with Crippen molar-refractivity contribution in [2.24, 2.45) is 5.73 Å². The summed E-state index contributed by atoms with van der Waals surface area (Å²) in [5.41, 5.74) is 5.58. The largest absolute Gasteiger partial charge is 0.447 e. The average Bonchev–Trinajstić information content (AvgIpc) is 3.17. The highest BCUT2D eigenvalue weighted by molar-refractivity contribution is 7.85. The summed E-state index contributed by atoms with van der Waals surface area (Å²) in [5.74, 6) is 2.84. The lowest BCUT2D eigenvalue weighted by Gasteiger charge is -2.42. The van der Waals surface area contributed by atoms with Crippen molar-refractivity contribution in [3.63, 3.8) is 0 Å². The Bertz CT molecular complexity index is 1070. The molecule has 2 aromatic rings. The van der Waals surface area contributed by atoms with Gasteiger partial charge < -0.3 is 20.7 Å².